The van der Waals surface area contributed by atoms with Crippen molar-refractivity contribution in [3.8, 4) is 16.9 Å². The highest BCUT2D eigenvalue weighted by Gasteiger charge is 2.32. The fourth-order valence-electron chi connectivity index (χ4n) is 3.03. The number of aromatic nitrogens is 3. The van der Waals surface area contributed by atoms with Gasteiger partial charge in [-0.2, -0.15) is 0 Å². The van der Waals surface area contributed by atoms with E-state index in [-0.39, 0.29) is 23.4 Å². The number of halogens is 1. The van der Waals surface area contributed by atoms with Crippen LogP contribution in [0.5, 0.6) is 5.75 Å². The number of benzene rings is 1. The molecule has 0 atom stereocenters. The second kappa shape index (κ2) is 9.72. The van der Waals surface area contributed by atoms with E-state index >= 15 is 0 Å². The molecular weight excluding hydrogens is 461 g/mol. The van der Waals surface area contributed by atoms with Crippen molar-refractivity contribution >= 4 is 27.6 Å². The highest BCUT2D eigenvalue weighted by molar-refractivity contribution is 7.91. The molecule has 11 heteroatoms. The van der Waals surface area contributed by atoms with Gasteiger partial charge in [-0.15, -0.1) is 0 Å². The Balaban J connectivity index is 1.81. The van der Waals surface area contributed by atoms with Gasteiger partial charge >= 0.3 is 0 Å². The van der Waals surface area contributed by atoms with Gasteiger partial charge in [-0.05, 0) is 57.5 Å². The van der Waals surface area contributed by atoms with Crippen LogP contribution in [-0.2, 0) is 20.2 Å². The minimum Gasteiger partial charge on any atom is -0.489 e. The third-order valence-corrected chi connectivity index (χ3v) is 5.33. The summed E-state index contributed by atoms with van der Waals surface area (Å²) in [6.45, 7) is 6.98. The second-order valence-electron chi connectivity index (χ2n) is 8.49. The number of nitrogens with zero attached hydrogens (tertiary/aromatic N) is 3. The summed E-state index contributed by atoms with van der Waals surface area (Å²) in [5.74, 6) is -0.744. The van der Waals surface area contributed by atoms with E-state index < -0.39 is 27.2 Å². The lowest BCUT2D eigenvalue weighted by atomic mass is 9.88. The van der Waals surface area contributed by atoms with Crippen molar-refractivity contribution < 1.29 is 22.3 Å². The van der Waals surface area contributed by atoms with Crippen molar-refractivity contribution in [2.75, 3.05) is 16.3 Å². The Kier molecular flexibility index (Phi) is 7.15. The largest absolute Gasteiger partial charge is 0.489 e. The van der Waals surface area contributed by atoms with Crippen LogP contribution in [0.15, 0.2) is 48.9 Å². The Morgan fingerprint density at radius 1 is 1.12 bits per heavy atom. The summed E-state index contributed by atoms with van der Waals surface area (Å²) >= 11 is 0. The van der Waals surface area contributed by atoms with Crippen molar-refractivity contribution in [1.82, 2.24) is 15.0 Å². The molecule has 0 aliphatic carbocycles. The van der Waals surface area contributed by atoms with Gasteiger partial charge in [0, 0.05) is 18.0 Å². The zero-order valence-corrected chi connectivity index (χ0v) is 20.3. The fraction of sp³-hybridized carbons (Fsp3) is 0.304. The minimum atomic E-state index is -3.59. The first-order valence-corrected chi connectivity index (χ1v) is 12.3. The molecule has 0 spiro atoms. The fourth-order valence-corrected chi connectivity index (χ4v) is 3.46. The van der Waals surface area contributed by atoms with Gasteiger partial charge in [-0.25, -0.2) is 22.8 Å². The Hall–Kier alpha value is -3.60. The molecule has 3 aromatic rings. The van der Waals surface area contributed by atoms with Gasteiger partial charge in [0.2, 0.25) is 21.9 Å². The topological polar surface area (TPSA) is 123 Å². The third-order valence-electron chi connectivity index (χ3n) is 4.78. The molecule has 2 heterocycles. The quantitative estimate of drug-likeness (QED) is 0.496. The first-order valence-electron chi connectivity index (χ1n) is 10.4. The number of pyridine rings is 1. The number of sulfonamides is 1. The third kappa shape index (κ3) is 6.25. The Morgan fingerprint density at radius 2 is 1.85 bits per heavy atom. The molecule has 0 aliphatic rings. The zero-order valence-electron chi connectivity index (χ0n) is 19.5. The normalized spacial score (nSPS) is 11.9. The van der Waals surface area contributed by atoms with Crippen molar-refractivity contribution in [2.45, 2.75) is 39.2 Å². The number of nitrogens with one attached hydrogen (secondary N) is 2. The summed E-state index contributed by atoms with van der Waals surface area (Å²) in [7, 11) is -3.59. The number of amides is 1. The molecule has 0 fully saturated rings. The van der Waals surface area contributed by atoms with Crippen LogP contribution in [0, 0.1) is 5.82 Å². The van der Waals surface area contributed by atoms with Gasteiger partial charge in [0.1, 0.15) is 11.6 Å². The van der Waals surface area contributed by atoms with Gasteiger partial charge in [-0.3, -0.25) is 14.5 Å². The maximum Gasteiger partial charge on any atom is 0.236 e. The van der Waals surface area contributed by atoms with Crippen LogP contribution in [0.1, 0.15) is 33.4 Å². The first kappa shape index (κ1) is 25.0. The highest BCUT2D eigenvalue weighted by atomic mass is 32.2. The number of anilines is 2. The summed E-state index contributed by atoms with van der Waals surface area (Å²) < 4.78 is 45.6. The van der Waals surface area contributed by atoms with Crippen LogP contribution in [0.25, 0.3) is 11.1 Å². The number of hydrogen-bond donors (Lipinski definition) is 2. The van der Waals surface area contributed by atoms with Gasteiger partial charge in [0.15, 0.2) is 0 Å². The molecule has 2 N–H and O–H groups in total. The number of carbonyl (C=O) groups excluding carboxylic acids is 1. The van der Waals surface area contributed by atoms with Crippen molar-refractivity contribution in [3.63, 3.8) is 0 Å². The highest BCUT2D eigenvalue weighted by Crippen LogP contribution is 2.29. The Labute approximate surface area is 197 Å². The Morgan fingerprint density at radius 3 is 2.50 bits per heavy atom. The standard InChI is InChI=1S/C23H26FN5O4S/c1-14(2)33-17-10-16(12-25-13-17)15-6-7-19(18(24)11-15)27-21(30)23(3,4)20-8-9-26-22(28-20)29-34(5,31)32/h6-14H,1-5H3,(H,27,30)(H,26,28,29). The second-order valence-corrected chi connectivity index (χ2v) is 10.2. The van der Waals surface area contributed by atoms with Crippen molar-refractivity contribution in [3.05, 3.63) is 60.4 Å². The molecule has 1 aromatic carbocycles. The van der Waals surface area contributed by atoms with Crippen molar-refractivity contribution in [1.29, 1.82) is 0 Å². The number of carbonyl (C=O) groups is 1. The van der Waals surface area contributed by atoms with E-state index in [1.807, 2.05) is 13.8 Å². The molecule has 0 saturated heterocycles. The summed E-state index contributed by atoms with van der Waals surface area (Å²) in [6.07, 6.45) is 5.46. The van der Waals surface area contributed by atoms with Crippen LogP contribution in [-0.4, -0.2) is 41.6 Å². The smallest absolute Gasteiger partial charge is 0.236 e. The molecular formula is C23H26FN5O4S. The predicted octanol–water partition coefficient (Wildman–Crippen LogP) is 3.75. The molecule has 0 radical (unpaired) electrons. The lowest BCUT2D eigenvalue weighted by molar-refractivity contribution is -0.120. The van der Waals surface area contributed by atoms with Gasteiger partial charge in [0.25, 0.3) is 0 Å². The van der Waals surface area contributed by atoms with E-state index in [0.717, 1.165) is 6.26 Å². The van der Waals surface area contributed by atoms with Crippen LogP contribution in [0.2, 0.25) is 0 Å². The Bertz CT molecular complexity index is 1310. The maximum absolute atomic E-state index is 14.9. The average Bonchev–Trinajstić information content (AvgIpc) is 2.73. The van der Waals surface area contributed by atoms with Crippen LogP contribution in [0.3, 0.4) is 0 Å². The minimum absolute atomic E-state index is 0.00657. The summed E-state index contributed by atoms with van der Waals surface area (Å²) in [5, 5.41) is 2.58. The van der Waals surface area contributed by atoms with E-state index in [1.165, 1.54) is 24.4 Å². The zero-order chi connectivity index (χ0) is 25.1. The van der Waals surface area contributed by atoms with E-state index in [2.05, 4.69) is 25.0 Å². The van der Waals surface area contributed by atoms with Crippen LogP contribution < -0.4 is 14.8 Å². The predicted molar refractivity (Wildman–Crippen MR) is 128 cm³/mol. The van der Waals surface area contributed by atoms with Gasteiger partial charge in [0.05, 0.1) is 35.4 Å². The molecule has 0 saturated carbocycles. The van der Waals surface area contributed by atoms with Crippen molar-refractivity contribution in [2.24, 2.45) is 0 Å². The molecule has 34 heavy (non-hydrogen) atoms. The average molecular weight is 488 g/mol. The number of ether oxygens (including phenoxy) is 1. The van der Waals surface area contributed by atoms with Gasteiger partial charge < -0.3 is 10.1 Å². The lowest BCUT2D eigenvalue weighted by Gasteiger charge is -2.23. The molecule has 0 bridgehead atoms. The van der Waals surface area contributed by atoms with Gasteiger partial charge in [-0.1, -0.05) is 6.07 Å². The first-order chi connectivity index (χ1) is 15.8. The van der Waals surface area contributed by atoms with Crippen LogP contribution in [0.4, 0.5) is 16.0 Å². The summed E-state index contributed by atoms with van der Waals surface area (Å²) in [4.78, 5) is 25.1. The summed E-state index contributed by atoms with van der Waals surface area (Å²) in [5.41, 5.74) is 0.282. The maximum atomic E-state index is 14.9. The molecule has 3 rings (SSSR count). The van der Waals surface area contributed by atoms with E-state index in [4.69, 9.17) is 4.74 Å². The number of hydrogen-bond acceptors (Lipinski definition) is 7. The molecule has 0 unspecified atom stereocenters. The lowest BCUT2D eigenvalue weighted by Crippen LogP contribution is -2.36. The molecule has 0 aliphatic heterocycles. The number of rotatable bonds is 8. The van der Waals surface area contributed by atoms with E-state index in [1.54, 1.807) is 38.4 Å². The molecule has 180 valence electrons. The van der Waals surface area contributed by atoms with E-state index in [9.17, 15) is 17.6 Å². The molecule has 2 aromatic heterocycles. The molecule has 9 nitrogen and oxygen atoms in total. The molecule has 1 amide bonds. The van der Waals surface area contributed by atoms with E-state index in [0.29, 0.717) is 16.9 Å². The monoisotopic (exact) mass is 487 g/mol. The summed E-state index contributed by atoms with van der Waals surface area (Å²) in [6, 6.07) is 7.69. The SMILES string of the molecule is CC(C)Oc1cncc(-c2ccc(NC(=O)C(C)(C)c3ccnc(NS(C)(=O)=O)n3)c(F)c2)c1. The van der Waals surface area contributed by atoms with Crippen LogP contribution >= 0.6 is 0 Å².